The molecule has 0 bridgehead atoms. The second-order valence-corrected chi connectivity index (χ2v) is 7.47. The SMILES string of the molecule is O=C(NCC1CCCN(C(=O)C2CC2)CC1)c1ccc(Cn2ccnn2)o1. The Morgan fingerprint density at radius 2 is 2.07 bits per heavy atom. The van der Waals surface area contributed by atoms with Crippen molar-refractivity contribution in [3.05, 3.63) is 36.0 Å². The van der Waals surface area contributed by atoms with Crippen LogP contribution in [0.1, 0.15) is 48.4 Å². The number of hydrogen-bond acceptors (Lipinski definition) is 5. The third kappa shape index (κ3) is 4.56. The Morgan fingerprint density at radius 3 is 2.85 bits per heavy atom. The highest BCUT2D eigenvalue weighted by atomic mass is 16.4. The van der Waals surface area contributed by atoms with E-state index < -0.39 is 0 Å². The van der Waals surface area contributed by atoms with Crippen molar-refractivity contribution < 1.29 is 14.0 Å². The van der Waals surface area contributed by atoms with E-state index in [1.807, 2.05) is 4.90 Å². The average molecular weight is 371 g/mol. The van der Waals surface area contributed by atoms with Crippen molar-refractivity contribution in [1.82, 2.24) is 25.2 Å². The predicted molar refractivity (Wildman–Crippen MR) is 96.8 cm³/mol. The van der Waals surface area contributed by atoms with Crippen molar-refractivity contribution in [3.8, 4) is 0 Å². The van der Waals surface area contributed by atoms with Crippen LogP contribution in [0.5, 0.6) is 0 Å². The Bertz CT molecular complexity index is 781. The fourth-order valence-corrected chi connectivity index (χ4v) is 3.56. The van der Waals surface area contributed by atoms with Crippen molar-refractivity contribution in [3.63, 3.8) is 0 Å². The van der Waals surface area contributed by atoms with Crippen molar-refractivity contribution in [1.29, 1.82) is 0 Å². The lowest BCUT2D eigenvalue weighted by atomic mass is 10.0. The van der Waals surface area contributed by atoms with E-state index in [2.05, 4.69) is 15.6 Å². The van der Waals surface area contributed by atoms with Crippen LogP contribution in [0, 0.1) is 11.8 Å². The zero-order valence-electron chi connectivity index (χ0n) is 15.3. The largest absolute Gasteiger partial charge is 0.454 e. The number of aromatic nitrogens is 3. The van der Waals surface area contributed by atoms with Crippen molar-refractivity contribution >= 4 is 11.8 Å². The first kappa shape index (κ1) is 17.8. The molecule has 1 aliphatic carbocycles. The van der Waals surface area contributed by atoms with Gasteiger partial charge < -0.3 is 14.6 Å². The molecule has 0 spiro atoms. The number of likely N-dealkylation sites (tertiary alicyclic amines) is 1. The molecule has 2 aromatic rings. The highest BCUT2D eigenvalue weighted by Gasteiger charge is 2.34. The summed E-state index contributed by atoms with van der Waals surface area (Å²) in [7, 11) is 0. The van der Waals surface area contributed by atoms with Gasteiger partial charge in [0.25, 0.3) is 5.91 Å². The molecule has 2 aromatic heterocycles. The number of carbonyl (C=O) groups is 2. The summed E-state index contributed by atoms with van der Waals surface area (Å²) in [5, 5.41) is 10.6. The molecule has 3 heterocycles. The highest BCUT2D eigenvalue weighted by Crippen LogP contribution is 2.32. The lowest BCUT2D eigenvalue weighted by molar-refractivity contribution is -0.132. The van der Waals surface area contributed by atoms with Crippen LogP contribution in [-0.4, -0.2) is 51.3 Å². The minimum Gasteiger partial charge on any atom is -0.454 e. The molecule has 1 atom stereocenters. The summed E-state index contributed by atoms with van der Waals surface area (Å²) in [5.41, 5.74) is 0. The molecular weight excluding hydrogens is 346 g/mol. The maximum absolute atomic E-state index is 12.4. The monoisotopic (exact) mass is 371 g/mol. The number of carbonyl (C=O) groups excluding carboxylic acids is 2. The smallest absolute Gasteiger partial charge is 0.287 e. The number of rotatable bonds is 6. The number of hydrogen-bond donors (Lipinski definition) is 1. The van der Waals surface area contributed by atoms with Gasteiger partial charge in [0.1, 0.15) is 12.3 Å². The lowest BCUT2D eigenvalue weighted by Gasteiger charge is -2.20. The second kappa shape index (κ2) is 7.94. The maximum Gasteiger partial charge on any atom is 0.287 e. The van der Waals surface area contributed by atoms with Crippen LogP contribution in [0.4, 0.5) is 0 Å². The molecule has 8 nitrogen and oxygen atoms in total. The summed E-state index contributed by atoms with van der Waals surface area (Å²) >= 11 is 0. The third-order valence-corrected chi connectivity index (χ3v) is 5.31. The molecule has 27 heavy (non-hydrogen) atoms. The van der Waals surface area contributed by atoms with Crippen LogP contribution >= 0.6 is 0 Å². The molecule has 144 valence electrons. The molecule has 2 aliphatic rings. The molecular formula is C19H25N5O3. The van der Waals surface area contributed by atoms with Gasteiger partial charge in [-0.15, -0.1) is 5.10 Å². The third-order valence-electron chi connectivity index (χ3n) is 5.31. The molecule has 4 rings (SSSR count). The van der Waals surface area contributed by atoms with E-state index in [9.17, 15) is 9.59 Å². The Morgan fingerprint density at radius 1 is 1.19 bits per heavy atom. The van der Waals surface area contributed by atoms with Crippen LogP contribution in [0.25, 0.3) is 0 Å². The van der Waals surface area contributed by atoms with Gasteiger partial charge in [0, 0.05) is 31.7 Å². The van der Waals surface area contributed by atoms with E-state index in [1.165, 1.54) is 0 Å². The fourth-order valence-electron chi connectivity index (χ4n) is 3.56. The van der Waals surface area contributed by atoms with Gasteiger partial charge in [-0.25, -0.2) is 4.68 Å². The first-order chi connectivity index (χ1) is 13.2. The zero-order chi connectivity index (χ0) is 18.6. The summed E-state index contributed by atoms with van der Waals surface area (Å²) in [6.45, 7) is 2.71. The Labute approximate surface area is 157 Å². The minimum absolute atomic E-state index is 0.199. The molecule has 1 saturated carbocycles. The topological polar surface area (TPSA) is 93.3 Å². The second-order valence-electron chi connectivity index (χ2n) is 7.47. The highest BCUT2D eigenvalue weighted by molar-refractivity contribution is 5.91. The van der Waals surface area contributed by atoms with E-state index >= 15 is 0 Å². The van der Waals surface area contributed by atoms with Gasteiger partial charge >= 0.3 is 0 Å². The summed E-state index contributed by atoms with van der Waals surface area (Å²) in [4.78, 5) is 26.6. The summed E-state index contributed by atoms with van der Waals surface area (Å²) in [6.07, 6.45) is 8.42. The summed E-state index contributed by atoms with van der Waals surface area (Å²) < 4.78 is 7.25. The van der Waals surface area contributed by atoms with E-state index in [1.54, 1.807) is 29.2 Å². The Balaban J connectivity index is 1.24. The van der Waals surface area contributed by atoms with Crippen LogP contribution in [0.15, 0.2) is 28.9 Å². The van der Waals surface area contributed by atoms with Crippen molar-refractivity contribution in [2.75, 3.05) is 19.6 Å². The van der Waals surface area contributed by atoms with Gasteiger partial charge in [-0.2, -0.15) is 0 Å². The van der Waals surface area contributed by atoms with Gasteiger partial charge in [-0.3, -0.25) is 9.59 Å². The van der Waals surface area contributed by atoms with Crippen LogP contribution < -0.4 is 5.32 Å². The number of furan rings is 1. The van der Waals surface area contributed by atoms with E-state index in [0.29, 0.717) is 36.4 Å². The standard InChI is InChI=1S/C19H25N5O3/c25-18(17-6-5-16(27-17)13-24-11-8-21-22-24)20-12-14-2-1-9-23(10-7-14)19(26)15-3-4-15/h5-6,8,11,14-15H,1-4,7,9-10,12-13H2,(H,20,25). The molecule has 1 aliphatic heterocycles. The molecule has 1 unspecified atom stereocenters. The van der Waals surface area contributed by atoms with Crippen LogP contribution in [0.2, 0.25) is 0 Å². The van der Waals surface area contributed by atoms with Crippen molar-refractivity contribution in [2.45, 2.75) is 38.6 Å². The minimum atomic E-state index is -0.199. The number of nitrogens with zero attached hydrogens (tertiary/aromatic N) is 4. The molecule has 2 fully saturated rings. The Kier molecular flexibility index (Phi) is 5.22. The van der Waals surface area contributed by atoms with E-state index in [0.717, 1.165) is 45.2 Å². The zero-order valence-corrected chi connectivity index (χ0v) is 15.3. The van der Waals surface area contributed by atoms with Crippen LogP contribution in [-0.2, 0) is 11.3 Å². The number of nitrogens with one attached hydrogen (secondary N) is 1. The summed E-state index contributed by atoms with van der Waals surface area (Å²) in [5.74, 6) is 1.78. The van der Waals surface area contributed by atoms with E-state index in [-0.39, 0.29) is 11.8 Å². The first-order valence-corrected chi connectivity index (χ1v) is 9.69. The molecule has 1 saturated heterocycles. The Hall–Kier alpha value is -2.64. The molecule has 0 aromatic carbocycles. The average Bonchev–Trinajstić information content (AvgIpc) is 3.30. The molecule has 0 radical (unpaired) electrons. The lowest BCUT2D eigenvalue weighted by Crippen LogP contribution is -2.34. The predicted octanol–water partition coefficient (Wildman–Crippen LogP) is 1.69. The van der Waals surface area contributed by atoms with Gasteiger partial charge in [-0.05, 0) is 50.2 Å². The normalized spacial score (nSPS) is 20.3. The maximum atomic E-state index is 12.4. The van der Waals surface area contributed by atoms with Gasteiger partial charge in [0.15, 0.2) is 5.76 Å². The summed E-state index contributed by atoms with van der Waals surface area (Å²) in [6, 6.07) is 3.47. The number of amides is 2. The van der Waals surface area contributed by atoms with Crippen LogP contribution in [0.3, 0.4) is 0 Å². The quantitative estimate of drug-likeness (QED) is 0.834. The first-order valence-electron chi connectivity index (χ1n) is 9.69. The van der Waals surface area contributed by atoms with Gasteiger partial charge in [0.2, 0.25) is 5.91 Å². The van der Waals surface area contributed by atoms with Crippen molar-refractivity contribution in [2.24, 2.45) is 11.8 Å². The van der Waals surface area contributed by atoms with Gasteiger partial charge in [0.05, 0.1) is 6.20 Å². The molecule has 1 N–H and O–H groups in total. The fraction of sp³-hybridized carbons (Fsp3) is 0.579. The molecule has 8 heteroatoms. The molecule has 2 amide bonds. The van der Waals surface area contributed by atoms with Gasteiger partial charge in [-0.1, -0.05) is 5.21 Å². The van der Waals surface area contributed by atoms with E-state index in [4.69, 9.17) is 4.42 Å².